The summed E-state index contributed by atoms with van der Waals surface area (Å²) in [5, 5.41) is 7.47. The van der Waals surface area contributed by atoms with Gasteiger partial charge < -0.3 is 10.1 Å². The Morgan fingerprint density at radius 3 is 2.89 bits per heavy atom. The summed E-state index contributed by atoms with van der Waals surface area (Å²) in [5.74, 6) is 0.901. The molecule has 1 atom stereocenters. The molecule has 4 heteroatoms. The van der Waals surface area contributed by atoms with Crippen LogP contribution in [0.1, 0.15) is 24.1 Å². The van der Waals surface area contributed by atoms with E-state index in [2.05, 4.69) is 29.5 Å². The molecular formula is C14H19N3O. The van der Waals surface area contributed by atoms with E-state index in [-0.39, 0.29) is 0 Å². The molecule has 0 fully saturated rings. The van der Waals surface area contributed by atoms with Gasteiger partial charge in [-0.3, -0.25) is 4.68 Å². The third-order valence-electron chi connectivity index (χ3n) is 3.13. The Morgan fingerprint density at radius 2 is 2.28 bits per heavy atom. The van der Waals surface area contributed by atoms with E-state index in [1.807, 2.05) is 30.1 Å². The van der Waals surface area contributed by atoms with Gasteiger partial charge in [-0.25, -0.2) is 0 Å². The minimum absolute atomic E-state index is 0.326. The van der Waals surface area contributed by atoms with Crippen LogP contribution < -0.4 is 10.1 Å². The zero-order chi connectivity index (χ0) is 13.0. The second-order valence-electron chi connectivity index (χ2n) is 4.29. The first-order valence-electron chi connectivity index (χ1n) is 6.06. The fraction of sp³-hybridized carbons (Fsp3) is 0.357. The summed E-state index contributed by atoms with van der Waals surface area (Å²) in [6, 6.07) is 8.52. The van der Waals surface area contributed by atoms with Gasteiger partial charge in [0.05, 0.1) is 13.7 Å². The molecule has 0 aliphatic heterocycles. The van der Waals surface area contributed by atoms with Crippen LogP contribution in [0, 0.1) is 0 Å². The predicted octanol–water partition coefficient (Wildman–Crippen LogP) is 2.22. The molecule has 1 aromatic carbocycles. The summed E-state index contributed by atoms with van der Waals surface area (Å²) in [4.78, 5) is 0. The van der Waals surface area contributed by atoms with Crippen molar-refractivity contribution in [3.8, 4) is 5.75 Å². The summed E-state index contributed by atoms with van der Waals surface area (Å²) in [5.41, 5.74) is 2.39. The predicted molar refractivity (Wildman–Crippen MR) is 71.8 cm³/mol. The summed E-state index contributed by atoms with van der Waals surface area (Å²) in [6.07, 6.45) is 3.74. The van der Waals surface area contributed by atoms with E-state index in [4.69, 9.17) is 4.74 Å². The van der Waals surface area contributed by atoms with E-state index < -0.39 is 0 Å². The minimum atomic E-state index is 0.326. The summed E-state index contributed by atoms with van der Waals surface area (Å²) < 4.78 is 7.30. The fourth-order valence-corrected chi connectivity index (χ4v) is 1.93. The first-order chi connectivity index (χ1) is 8.74. The number of hydrogen-bond acceptors (Lipinski definition) is 3. The van der Waals surface area contributed by atoms with Gasteiger partial charge in [0, 0.05) is 24.0 Å². The van der Waals surface area contributed by atoms with Gasteiger partial charge >= 0.3 is 0 Å². The van der Waals surface area contributed by atoms with Crippen LogP contribution in [-0.4, -0.2) is 23.9 Å². The number of hydrogen-bond donors (Lipinski definition) is 1. The zero-order valence-corrected chi connectivity index (χ0v) is 11.1. The Labute approximate surface area is 108 Å². The van der Waals surface area contributed by atoms with Crippen molar-refractivity contribution in [1.82, 2.24) is 15.1 Å². The standard InChI is InChI=1S/C14H19N3O/c1-11(15-2)12-5-6-14(18-3)13(9-12)10-17-8-4-7-16-17/h4-9,11,15H,10H2,1-3H3. The third kappa shape index (κ3) is 2.71. The molecule has 0 amide bonds. The maximum Gasteiger partial charge on any atom is 0.123 e. The number of nitrogens with one attached hydrogen (secondary N) is 1. The summed E-state index contributed by atoms with van der Waals surface area (Å²) in [6.45, 7) is 2.86. The number of benzene rings is 1. The lowest BCUT2D eigenvalue weighted by atomic mass is 10.0. The van der Waals surface area contributed by atoms with Gasteiger partial charge in [-0.2, -0.15) is 5.10 Å². The molecule has 1 N–H and O–H groups in total. The van der Waals surface area contributed by atoms with Crippen LogP contribution in [0.5, 0.6) is 5.75 Å². The Balaban J connectivity index is 2.30. The summed E-state index contributed by atoms with van der Waals surface area (Å²) in [7, 11) is 3.66. The van der Waals surface area contributed by atoms with E-state index in [9.17, 15) is 0 Å². The van der Waals surface area contributed by atoms with Crippen molar-refractivity contribution in [2.45, 2.75) is 19.5 Å². The van der Waals surface area contributed by atoms with Crippen molar-refractivity contribution in [1.29, 1.82) is 0 Å². The van der Waals surface area contributed by atoms with E-state index in [0.29, 0.717) is 6.04 Å². The SMILES string of the molecule is CNC(C)c1ccc(OC)c(Cn2cccn2)c1. The second-order valence-corrected chi connectivity index (χ2v) is 4.29. The lowest BCUT2D eigenvalue weighted by Crippen LogP contribution is -2.13. The normalized spacial score (nSPS) is 12.4. The highest BCUT2D eigenvalue weighted by Crippen LogP contribution is 2.23. The van der Waals surface area contributed by atoms with E-state index in [0.717, 1.165) is 17.9 Å². The van der Waals surface area contributed by atoms with Gasteiger partial charge in [0.15, 0.2) is 0 Å². The quantitative estimate of drug-likeness (QED) is 0.878. The van der Waals surface area contributed by atoms with E-state index in [1.54, 1.807) is 13.3 Å². The molecule has 4 nitrogen and oxygen atoms in total. The van der Waals surface area contributed by atoms with Crippen LogP contribution in [0.2, 0.25) is 0 Å². The number of rotatable bonds is 5. The maximum atomic E-state index is 5.40. The molecule has 0 spiro atoms. The molecule has 0 radical (unpaired) electrons. The molecule has 0 saturated heterocycles. The average molecular weight is 245 g/mol. The molecule has 0 aliphatic carbocycles. The van der Waals surface area contributed by atoms with E-state index in [1.165, 1.54) is 5.56 Å². The highest BCUT2D eigenvalue weighted by molar-refractivity contribution is 5.38. The van der Waals surface area contributed by atoms with Gasteiger partial charge in [0.2, 0.25) is 0 Å². The molecule has 0 saturated carbocycles. The van der Waals surface area contributed by atoms with Crippen molar-refractivity contribution in [3.63, 3.8) is 0 Å². The van der Waals surface area contributed by atoms with Gasteiger partial charge in [-0.15, -0.1) is 0 Å². The zero-order valence-electron chi connectivity index (χ0n) is 11.1. The van der Waals surface area contributed by atoms with Crippen molar-refractivity contribution in [3.05, 3.63) is 47.8 Å². The van der Waals surface area contributed by atoms with Crippen LogP contribution in [0.25, 0.3) is 0 Å². The average Bonchev–Trinajstić information content (AvgIpc) is 2.90. The van der Waals surface area contributed by atoms with Crippen LogP contribution >= 0.6 is 0 Å². The van der Waals surface area contributed by atoms with Crippen molar-refractivity contribution in [2.75, 3.05) is 14.2 Å². The van der Waals surface area contributed by atoms with Crippen molar-refractivity contribution >= 4 is 0 Å². The molecule has 0 bridgehead atoms. The van der Waals surface area contributed by atoms with E-state index >= 15 is 0 Å². The Kier molecular flexibility index (Phi) is 3.99. The first kappa shape index (κ1) is 12.6. The van der Waals surface area contributed by atoms with Gasteiger partial charge in [-0.05, 0) is 37.7 Å². The molecule has 1 unspecified atom stereocenters. The van der Waals surface area contributed by atoms with Crippen LogP contribution in [0.15, 0.2) is 36.7 Å². The summed E-state index contributed by atoms with van der Waals surface area (Å²) >= 11 is 0. The van der Waals surface area contributed by atoms with Crippen molar-refractivity contribution < 1.29 is 4.74 Å². The van der Waals surface area contributed by atoms with Gasteiger partial charge in [-0.1, -0.05) is 6.07 Å². The van der Waals surface area contributed by atoms with Crippen LogP contribution in [-0.2, 0) is 6.54 Å². The lowest BCUT2D eigenvalue weighted by Gasteiger charge is -2.15. The molecule has 1 heterocycles. The van der Waals surface area contributed by atoms with Gasteiger partial charge in [0.25, 0.3) is 0 Å². The van der Waals surface area contributed by atoms with Crippen LogP contribution in [0.4, 0.5) is 0 Å². The van der Waals surface area contributed by atoms with Crippen LogP contribution in [0.3, 0.4) is 0 Å². The highest BCUT2D eigenvalue weighted by atomic mass is 16.5. The number of ether oxygens (including phenoxy) is 1. The topological polar surface area (TPSA) is 39.1 Å². The fourth-order valence-electron chi connectivity index (χ4n) is 1.93. The smallest absolute Gasteiger partial charge is 0.123 e. The second kappa shape index (κ2) is 5.69. The molecule has 2 aromatic rings. The minimum Gasteiger partial charge on any atom is -0.496 e. The highest BCUT2D eigenvalue weighted by Gasteiger charge is 2.09. The molecule has 18 heavy (non-hydrogen) atoms. The number of methoxy groups -OCH3 is 1. The first-order valence-corrected chi connectivity index (χ1v) is 6.06. The molecular weight excluding hydrogens is 226 g/mol. The lowest BCUT2D eigenvalue weighted by molar-refractivity contribution is 0.407. The largest absolute Gasteiger partial charge is 0.496 e. The number of nitrogens with zero attached hydrogens (tertiary/aromatic N) is 2. The third-order valence-corrected chi connectivity index (χ3v) is 3.13. The maximum absolute atomic E-state index is 5.40. The molecule has 2 rings (SSSR count). The number of aromatic nitrogens is 2. The Bertz CT molecular complexity index is 494. The monoisotopic (exact) mass is 245 g/mol. The Morgan fingerprint density at radius 1 is 1.44 bits per heavy atom. The molecule has 0 aliphatic rings. The molecule has 96 valence electrons. The van der Waals surface area contributed by atoms with Gasteiger partial charge in [0.1, 0.15) is 5.75 Å². The Hall–Kier alpha value is -1.81. The molecule has 1 aromatic heterocycles. The van der Waals surface area contributed by atoms with Crippen molar-refractivity contribution in [2.24, 2.45) is 0 Å².